The van der Waals surface area contributed by atoms with Gasteiger partial charge in [0.05, 0.1) is 0 Å². The lowest BCUT2D eigenvalue weighted by atomic mass is 9.84. The van der Waals surface area contributed by atoms with Crippen molar-refractivity contribution in [1.29, 1.82) is 0 Å². The van der Waals surface area contributed by atoms with Crippen molar-refractivity contribution in [3.63, 3.8) is 0 Å². The lowest BCUT2D eigenvalue weighted by Gasteiger charge is -2.19. The maximum atomic E-state index is 2.42. The Labute approximate surface area is 339 Å². The maximum Gasteiger partial charge on any atom is -0.00264 e. The first-order valence-electron chi connectivity index (χ1n) is 20.1. The zero-order valence-corrected chi connectivity index (χ0v) is 31.9. The maximum absolute atomic E-state index is 2.42. The predicted molar refractivity (Wildman–Crippen MR) is 249 cm³/mol. The minimum atomic E-state index is 1.20. The van der Waals surface area contributed by atoms with Crippen molar-refractivity contribution in [2.24, 2.45) is 0 Å². The molecule has 0 saturated carbocycles. The van der Waals surface area contributed by atoms with E-state index < -0.39 is 0 Å². The first-order chi connectivity index (χ1) is 28.8. The highest BCUT2D eigenvalue weighted by atomic mass is 14.2. The number of hydrogen-bond acceptors (Lipinski definition) is 0. The van der Waals surface area contributed by atoms with E-state index in [-0.39, 0.29) is 0 Å². The Balaban J connectivity index is 1.17. The van der Waals surface area contributed by atoms with Gasteiger partial charge in [-0.15, -0.1) is 0 Å². The van der Waals surface area contributed by atoms with Gasteiger partial charge in [-0.3, -0.25) is 0 Å². The van der Waals surface area contributed by atoms with Crippen LogP contribution in [0.15, 0.2) is 231 Å². The average Bonchev–Trinajstić information content (AvgIpc) is 3.30. The normalized spacial score (nSPS) is 11.4. The van der Waals surface area contributed by atoms with Crippen LogP contribution in [-0.2, 0) is 0 Å². The number of benzene rings is 11. The minimum absolute atomic E-state index is 1.20. The van der Waals surface area contributed by atoms with E-state index in [1.54, 1.807) is 0 Å². The second-order valence-electron chi connectivity index (χ2n) is 15.1. The summed E-state index contributed by atoms with van der Waals surface area (Å²) in [7, 11) is 0. The van der Waals surface area contributed by atoms with Crippen LogP contribution < -0.4 is 0 Å². The van der Waals surface area contributed by atoms with Gasteiger partial charge in [0.2, 0.25) is 0 Å². The molecule has 11 aromatic rings. The van der Waals surface area contributed by atoms with E-state index in [0.29, 0.717) is 0 Å². The summed E-state index contributed by atoms with van der Waals surface area (Å²) in [5.41, 5.74) is 14.8. The molecule has 0 spiro atoms. The molecule has 0 aliphatic rings. The topological polar surface area (TPSA) is 0 Å². The molecule has 0 N–H and O–H groups in total. The van der Waals surface area contributed by atoms with Crippen molar-refractivity contribution in [2.45, 2.75) is 0 Å². The summed E-state index contributed by atoms with van der Waals surface area (Å²) in [5.74, 6) is 0. The Bertz CT molecular complexity index is 2850. The molecular weight excluding hydrogens is 697 g/mol. The van der Waals surface area contributed by atoms with Gasteiger partial charge in [0.25, 0.3) is 0 Å². The number of hydrogen-bond donors (Lipinski definition) is 0. The Morgan fingerprint density at radius 2 is 0.397 bits per heavy atom. The Hall–Kier alpha value is -7.54. The molecule has 0 fully saturated rings. The van der Waals surface area contributed by atoms with E-state index in [1.165, 1.54) is 110 Å². The molecule has 11 aromatic carbocycles. The van der Waals surface area contributed by atoms with Crippen molar-refractivity contribution in [3.05, 3.63) is 231 Å². The molecule has 0 radical (unpaired) electrons. The highest BCUT2D eigenvalue weighted by Crippen LogP contribution is 2.46. The van der Waals surface area contributed by atoms with E-state index >= 15 is 0 Å². The SMILES string of the molecule is c1ccc(-c2cccc3c(-c4ccc(-c5c6cccc(-c7ccccc7)c6cc6c(-c7ccccc7)cccc56)cc4)c4cccc(-c5ccccc5)c4cc23)cc1. The molecule has 0 aromatic heterocycles. The van der Waals surface area contributed by atoms with Gasteiger partial charge in [0.15, 0.2) is 0 Å². The fraction of sp³-hybridized carbons (Fsp3) is 0. The van der Waals surface area contributed by atoms with Crippen LogP contribution in [0.1, 0.15) is 0 Å². The Kier molecular flexibility index (Phi) is 8.26. The van der Waals surface area contributed by atoms with E-state index in [9.17, 15) is 0 Å². The predicted octanol–water partition coefficient (Wildman–Crippen LogP) is 16.3. The molecule has 0 aliphatic carbocycles. The van der Waals surface area contributed by atoms with Crippen LogP contribution in [0.3, 0.4) is 0 Å². The van der Waals surface area contributed by atoms with E-state index in [1.807, 2.05) is 0 Å². The van der Waals surface area contributed by atoms with Crippen LogP contribution >= 0.6 is 0 Å². The summed E-state index contributed by atoms with van der Waals surface area (Å²) in [5, 5.41) is 10.0. The van der Waals surface area contributed by atoms with Gasteiger partial charge in [-0.2, -0.15) is 0 Å². The zero-order valence-electron chi connectivity index (χ0n) is 31.9. The standard InChI is InChI=1S/C58H38/c1-5-17-39(18-6-1)45-25-13-29-49-53(45)37-54-46(40-19-7-2-8-20-40)26-14-30-50(54)57(49)43-33-35-44(36-34-43)58-51-31-15-27-47(41-21-9-3-10-22-41)55(51)38-56-48(28-16-32-52(56)58)42-23-11-4-12-24-42/h1-38H. The Morgan fingerprint density at radius 3 is 0.638 bits per heavy atom. The van der Waals surface area contributed by atoms with Crippen molar-refractivity contribution >= 4 is 43.1 Å². The lowest BCUT2D eigenvalue weighted by molar-refractivity contribution is 1.62. The molecule has 0 saturated heterocycles. The molecule has 11 rings (SSSR count). The average molecular weight is 735 g/mol. The van der Waals surface area contributed by atoms with E-state index in [0.717, 1.165) is 0 Å². The van der Waals surface area contributed by atoms with Gasteiger partial charge >= 0.3 is 0 Å². The van der Waals surface area contributed by atoms with Gasteiger partial charge in [0, 0.05) is 0 Å². The van der Waals surface area contributed by atoms with Crippen LogP contribution in [-0.4, -0.2) is 0 Å². The van der Waals surface area contributed by atoms with Gasteiger partial charge in [0.1, 0.15) is 0 Å². The van der Waals surface area contributed by atoms with Gasteiger partial charge in [-0.1, -0.05) is 218 Å². The quantitative estimate of drug-likeness (QED) is 0.149. The summed E-state index contributed by atoms with van der Waals surface area (Å²) >= 11 is 0. The van der Waals surface area contributed by atoms with Gasteiger partial charge < -0.3 is 0 Å². The van der Waals surface area contributed by atoms with Crippen LogP contribution in [0, 0.1) is 0 Å². The van der Waals surface area contributed by atoms with Gasteiger partial charge in [-0.05, 0) is 122 Å². The molecule has 270 valence electrons. The molecule has 0 heteroatoms. The monoisotopic (exact) mass is 734 g/mol. The van der Waals surface area contributed by atoms with Crippen molar-refractivity contribution in [1.82, 2.24) is 0 Å². The molecule has 0 aliphatic heterocycles. The summed E-state index contributed by atoms with van der Waals surface area (Å²) in [4.78, 5) is 0. The molecule has 58 heavy (non-hydrogen) atoms. The third-order valence-electron chi connectivity index (χ3n) is 11.9. The fourth-order valence-corrected chi connectivity index (χ4v) is 9.24. The van der Waals surface area contributed by atoms with Gasteiger partial charge in [-0.25, -0.2) is 0 Å². The second-order valence-corrected chi connectivity index (χ2v) is 15.1. The summed E-state index contributed by atoms with van der Waals surface area (Å²) in [6, 6.07) is 84.5. The number of rotatable bonds is 6. The molecule has 0 heterocycles. The third-order valence-corrected chi connectivity index (χ3v) is 11.9. The van der Waals surface area contributed by atoms with Crippen LogP contribution in [0.5, 0.6) is 0 Å². The fourth-order valence-electron chi connectivity index (χ4n) is 9.24. The van der Waals surface area contributed by atoms with Crippen LogP contribution in [0.4, 0.5) is 0 Å². The second kappa shape index (κ2) is 14.2. The molecule has 0 bridgehead atoms. The van der Waals surface area contributed by atoms with Crippen molar-refractivity contribution in [2.75, 3.05) is 0 Å². The van der Waals surface area contributed by atoms with E-state index in [4.69, 9.17) is 0 Å². The lowest BCUT2D eigenvalue weighted by Crippen LogP contribution is -1.92. The molecule has 0 nitrogen and oxygen atoms in total. The first-order valence-corrected chi connectivity index (χ1v) is 20.1. The van der Waals surface area contributed by atoms with Crippen molar-refractivity contribution in [3.8, 4) is 66.8 Å². The highest BCUT2D eigenvalue weighted by molar-refractivity contribution is 6.21. The molecule has 0 atom stereocenters. The number of fused-ring (bicyclic) bond motifs is 4. The first kappa shape index (κ1) is 33.8. The summed E-state index contributed by atoms with van der Waals surface area (Å²) in [6.45, 7) is 0. The minimum Gasteiger partial charge on any atom is -0.0622 e. The molecular formula is C58H38. The highest BCUT2D eigenvalue weighted by Gasteiger charge is 2.19. The van der Waals surface area contributed by atoms with Crippen LogP contribution in [0.25, 0.3) is 110 Å². The Morgan fingerprint density at radius 1 is 0.155 bits per heavy atom. The smallest absolute Gasteiger partial charge is 0.00264 e. The van der Waals surface area contributed by atoms with E-state index in [2.05, 4.69) is 231 Å². The third kappa shape index (κ3) is 5.69. The summed E-state index contributed by atoms with van der Waals surface area (Å²) < 4.78 is 0. The summed E-state index contributed by atoms with van der Waals surface area (Å²) in [6.07, 6.45) is 0. The van der Waals surface area contributed by atoms with Crippen molar-refractivity contribution < 1.29 is 0 Å². The molecule has 0 amide bonds. The largest absolute Gasteiger partial charge is 0.0622 e. The zero-order chi connectivity index (χ0) is 38.4. The van der Waals surface area contributed by atoms with Crippen LogP contribution in [0.2, 0.25) is 0 Å². The molecule has 0 unspecified atom stereocenters.